The van der Waals surface area contributed by atoms with E-state index in [9.17, 15) is 29.3 Å². The van der Waals surface area contributed by atoms with E-state index >= 15 is 0 Å². The fraction of sp³-hybridized carbons (Fsp3) is 0.273. The average molecular weight is 575 g/mol. The highest BCUT2D eigenvalue weighted by Crippen LogP contribution is 2.43. The largest absolute Gasteiger partial charge is 0.506 e. The van der Waals surface area contributed by atoms with Crippen molar-refractivity contribution in [1.29, 1.82) is 0 Å². The maximum absolute atomic E-state index is 14.1. The number of aliphatic carboxylic acids is 1. The van der Waals surface area contributed by atoms with Gasteiger partial charge in [-0.05, 0) is 66.3 Å². The molecule has 9 heteroatoms. The van der Waals surface area contributed by atoms with Gasteiger partial charge in [-0.3, -0.25) is 9.59 Å². The van der Waals surface area contributed by atoms with Crippen LogP contribution in [0.15, 0.2) is 78.9 Å². The summed E-state index contributed by atoms with van der Waals surface area (Å²) in [5.41, 5.74) is 3.94. The summed E-state index contributed by atoms with van der Waals surface area (Å²) < 4.78 is 16.0. The van der Waals surface area contributed by atoms with Gasteiger partial charge < -0.3 is 30.3 Å². The van der Waals surface area contributed by atoms with Crippen LogP contribution in [0.2, 0.25) is 0 Å². The summed E-state index contributed by atoms with van der Waals surface area (Å²) in [6.45, 7) is 4.11. The molecular weight excluding hydrogens is 539 g/mol. The molecule has 1 aromatic heterocycles. The van der Waals surface area contributed by atoms with Crippen LogP contribution in [0.4, 0.5) is 10.1 Å². The maximum atomic E-state index is 14.1. The number of aliphatic hydroxyl groups excluding tert-OH is 2. The van der Waals surface area contributed by atoms with Gasteiger partial charge in [0.25, 0.3) is 5.91 Å². The minimum absolute atomic E-state index is 0.0839. The van der Waals surface area contributed by atoms with Crippen molar-refractivity contribution >= 4 is 17.6 Å². The lowest BCUT2D eigenvalue weighted by atomic mass is 9.94. The fourth-order valence-corrected chi connectivity index (χ4v) is 5.25. The van der Waals surface area contributed by atoms with Crippen molar-refractivity contribution in [2.45, 2.75) is 57.8 Å². The number of phenolic OH excluding ortho intramolecular Hbond substituents is 1. The lowest BCUT2D eigenvalue weighted by molar-refractivity contribution is -0.139. The van der Waals surface area contributed by atoms with Gasteiger partial charge in [0, 0.05) is 17.8 Å². The van der Waals surface area contributed by atoms with Crippen molar-refractivity contribution in [3.63, 3.8) is 0 Å². The van der Waals surface area contributed by atoms with Crippen LogP contribution in [-0.2, 0) is 11.3 Å². The molecule has 0 fully saturated rings. The number of rotatable bonds is 12. The topological polar surface area (TPSA) is 132 Å². The Bertz CT molecular complexity index is 1530. The molecule has 1 heterocycles. The van der Waals surface area contributed by atoms with Crippen molar-refractivity contribution in [1.82, 2.24) is 4.57 Å². The van der Waals surface area contributed by atoms with Gasteiger partial charge in [0.1, 0.15) is 11.6 Å². The van der Waals surface area contributed by atoms with E-state index in [0.717, 1.165) is 5.56 Å². The normalized spacial score (nSPS) is 12.7. The molecule has 0 bridgehead atoms. The van der Waals surface area contributed by atoms with Crippen molar-refractivity contribution < 1.29 is 34.4 Å². The molecule has 4 aromatic rings. The highest BCUT2D eigenvalue weighted by molar-refractivity contribution is 6.13. The number of phenols is 1. The number of para-hydroxylation sites is 2. The van der Waals surface area contributed by atoms with Gasteiger partial charge in [-0.2, -0.15) is 0 Å². The summed E-state index contributed by atoms with van der Waals surface area (Å²) in [7, 11) is 0. The van der Waals surface area contributed by atoms with Gasteiger partial charge in [0.05, 0.1) is 35.6 Å². The molecule has 0 radical (unpaired) electrons. The molecule has 1 amide bonds. The third kappa shape index (κ3) is 7.05. The maximum Gasteiger partial charge on any atom is 0.305 e. The number of aromatic nitrogens is 1. The summed E-state index contributed by atoms with van der Waals surface area (Å²) in [6, 6.07) is 21.7. The van der Waals surface area contributed by atoms with Gasteiger partial charge >= 0.3 is 5.97 Å². The quantitative estimate of drug-likeness (QED) is 0.132. The van der Waals surface area contributed by atoms with E-state index in [2.05, 4.69) is 5.32 Å². The van der Waals surface area contributed by atoms with E-state index in [1.54, 1.807) is 30.3 Å². The first-order valence-corrected chi connectivity index (χ1v) is 13.8. The first-order chi connectivity index (χ1) is 20.1. The third-order valence-electron chi connectivity index (χ3n) is 7.05. The number of carboxylic acid groups (broad SMARTS) is 1. The molecule has 0 saturated carbocycles. The zero-order valence-electron chi connectivity index (χ0n) is 23.5. The average Bonchev–Trinajstić information content (AvgIpc) is 3.29. The summed E-state index contributed by atoms with van der Waals surface area (Å²) in [4.78, 5) is 25.1. The van der Waals surface area contributed by atoms with E-state index < -0.39 is 36.3 Å². The number of aliphatic hydroxyl groups is 2. The first-order valence-electron chi connectivity index (χ1n) is 13.8. The lowest BCUT2D eigenvalue weighted by Gasteiger charge is -2.20. The van der Waals surface area contributed by atoms with Crippen LogP contribution in [-0.4, -0.2) is 49.1 Å². The molecule has 0 aliphatic carbocycles. The van der Waals surface area contributed by atoms with E-state index in [4.69, 9.17) is 5.11 Å². The third-order valence-corrected chi connectivity index (χ3v) is 7.05. The lowest BCUT2D eigenvalue weighted by Crippen LogP contribution is -2.22. The van der Waals surface area contributed by atoms with E-state index in [1.807, 2.05) is 48.7 Å². The number of carbonyl (C=O) groups excluding carboxylic acids is 1. The monoisotopic (exact) mass is 574 g/mol. The Balaban J connectivity index is 1.91. The highest BCUT2D eigenvalue weighted by atomic mass is 19.1. The summed E-state index contributed by atoms with van der Waals surface area (Å²) in [6.07, 6.45) is -2.66. The Morgan fingerprint density at radius 2 is 1.52 bits per heavy atom. The van der Waals surface area contributed by atoms with E-state index in [1.165, 1.54) is 18.2 Å². The molecule has 8 nitrogen and oxygen atoms in total. The number of nitrogens with one attached hydrogen (secondary N) is 1. The van der Waals surface area contributed by atoms with Gasteiger partial charge in [0.2, 0.25) is 0 Å². The van der Waals surface area contributed by atoms with Gasteiger partial charge in [-0.15, -0.1) is 0 Å². The Labute approximate surface area is 243 Å². The van der Waals surface area contributed by atoms with Gasteiger partial charge in [0.15, 0.2) is 0 Å². The molecule has 4 rings (SSSR count). The van der Waals surface area contributed by atoms with Gasteiger partial charge in [-0.1, -0.05) is 56.3 Å². The second kappa shape index (κ2) is 13.5. The highest BCUT2D eigenvalue weighted by Gasteiger charge is 2.31. The Morgan fingerprint density at radius 1 is 0.881 bits per heavy atom. The van der Waals surface area contributed by atoms with Crippen molar-refractivity contribution in [3.05, 3.63) is 95.9 Å². The smallest absolute Gasteiger partial charge is 0.305 e. The van der Waals surface area contributed by atoms with E-state index in [0.29, 0.717) is 28.1 Å². The molecule has 0 saturated heterocycles. The number of anilines is 1. The molecule has 5 N–H and O–H groups in total. The number of amides is 1. The first kappa shape index (κ1) is 30.5. The van der Waals surface area contributed by atoms with Crippen LogP contribution in [0.3, 0.4) is 0 Å². The molecular formula is C33H35FN2O6. The number of aromatic hydroxyl groups is 1. The Hall–Kier alpha value is -4.47. The second-order valence-corrected chi connectivity index (χ2v) is 10.6. The standard InChI is InChI=1S/C33H35FN2O6/c1-20(2)31-30(33(42)35-26-10-6-7-11-27(26)39)29(21-8-4-3-5-9-21)32(22-12-14-23(34)15-13-22)36(31)17-16-24(37)18-25(38)19-28(40)41/h3-15,20,24-25,37-39H,16-19H2,1-2H3,(H,35,42)(H,40,41). The molecule has 0 spiro atoms. The fourth-order valence-electron chi connectivity index (χ4n) is 5.25. The van der Waals surface area contributed by atoms with Crippen LogP contribution in [0, 0.1) is 5.82 Å². The van der Waals surface area contributed by atoms with Crippen LogP contribution in [0.25, 0.3) is 22.4 Å². The van der Waals surface area contributed by atoms with Crippen LogP contribution < -0.4 is 5.32 Å². The van der Waals surface area contributed by atoms with Gasteiger partial charge in [-0.25, -0.2) is 4.39 Å². The molecule has 42 heavy (non-hydrogen) atoms. The second-order valence-electron chi connectivity index (χ2n) is 10.6. The summed E-state index contributed by atoms with van der Waals surface area (Å²) in [5, 5.41) is 43.0. The number of halogens is 1. The number of nitrogens with zero attached hydrogens (tertiary/aromatic N) is 1. The summed E-state index contributed by atoms with van der Waals surface area (Å²) in [5.74, 6) is -2.28. The van der Waals surface area contributed by atoms with E-state index in [-0.39, 0.29) is 36.7 Å². The molecule has 0 aliphatic heterocycles. The number of carbonyl (C=O) groups is 2. The van der Waals surface area contributed by atoms with Crippen LogP contribution in [0.1, 0.15) is 55.1 Å². The Kier molecular flexibility index (Phi) is 9.77. The number of benzene rings is 3. The molecule has 2 unspecified atom stereocenters. The Morgan fingerprint density at radius 3 is 2.14 bits per heavy atom. The summed E-state index contributed by atoms with van der Waals surface area (Å²) >= 11 is 0. The molecule has 3 aromatic carbocycles. The predicted molar refractivity (Wildman–Crippen MR) is 159 cm³/mol. The minimum Gasteiger partial charge on any atom is -0.506 e. The molecule has 220 valence electrons. The zero-order chi connectivity index (χ0) is 30.4. The zero-order valence-corrected chi connectivity index (χ0v) is 23.5. The van der Waals surface area contributed by atoms with Crippen LogP contribution >= 0.6 is 0 Å². The van der Waals surface area contributed by atoms with Crippen molar-refractivity contribution in [3.8, 4) is 28.1 Å². The minimum atomic E-state index is -1.21. The number of hydrogen-bond acceptors (Lipinski definition) is 5. The molecule has 2 atom stereocenters. The SMILES string of the molecule is CC(C)c1c(C(=O)Nc2ccccc2O)c(-c2ccccc2)c(-c2ccc(F)cc2)n1CCC(O)CC(O)CC(=O)O. The van der Waals surface area contributed by atoms with Crippen molar-refractivity contribution in [2.75, 3.05) is 5.32 Å². The molecule has 0 aliphatic rings. The number of carboxylic acids is 1. The van der Waals surface area contributed by atoms with Crippen LogP contribution in [0.5, 0.6) is 5.75 Å². The number of hydrogen-bond donors (Lipinski definition) is 5. The van der Waals surface area contributed by atoms with Crippen molar-refractivity contribution in [2.24, 2.45) is 0 Å². The predicted octanol–water partition coefficient (Wildman–Crippen LogP) is 6.02.